The van der Waals surface area contributed by atoms with Crippen LogP contribution in [0.1, 0.15) is 82.8 Å². The first-order valence-electron chi connectivity index (χ1n) is 13.4. The highest BCUT2D eigenvalue weighted by Crippen LogP contribution is 2.45. The quantitative estimate of drug-likeness (QED) is 0.305. The second kappa shape index (κ2) is 10.9. The first-order valence-corrected chi connectivity index (χ1v) is 14.2. The first kappa shape index (κ1) is 29.6. The molecule has 0 aromatic heterocycles. The summed E-state index contributed by atoms with van der Waals surface area (Å²) in [6.07, 6.45) is 1.36. The molecule has 9 heteroatoms. The van der Waals surface area contributed by atoms with E-state index in [-0.39, 0.29) is 40.8 Å². The van der Waals surface area contributed by atoms with Gasteiger partial charge in [-0.05, 0) is 60.4 Å². The summed E-state index contributed by atoms with van der Waals surface area (Å²) in [5.41, 5.74) is 0.855. The molecular weight excluding hydrogens is 530 g/mol. The van der Waals surface area contributed by atoms with Gasteiger partial charge in [0.05, 0.1) is 17.2 Å². The van der Waals surface area contributed by atoms with E-state index in [0.29, 0.717) is 29.2 Å². The van der Waals surface area contributed by atoms with Gasteiger partial charge in [-0.3, -0.25) is 24.5 Å². The number of ketones is 1. The van der Waals surface area contributed by atoms with E-state index >= 15 is 0 Å². The number of nitrogens with one attached hydrogen (secondary N) is 1. The number of hydrogen-bond acceptors (Lipinski definition) is 8. The fraction of sp³-hybridized carbons (Fsp3) is 0.484. The maximum atomic E-state index is 13.3. The first-order chi connectivity index (χ1) is 18.5. The van der Waals surface area contributed by atoms with Crippen LogP contribution in [0.4, 0.5) is 4.79 Å². The molecule has 0 spiro atoms. The van der Waals surface area contributed by atoms with E-state index in [1.807, 2.05) is 25.1 Å². The Morgan fingerprint density at radius 2 is 1.77 bits per heavy atom. The van der Waals surface area contributed by atoms with Crippen LogP contribution in [0.25, 0.3) is 0 Å². The van der Waals surface area contributed by atoms with Crippen LogP contribution in [0.2, 0.25) is 0 Å². The lowest BCUT2D eigenvalue weighted by atomic mass is 9.71. The van der Waals surface area contributed by atoms with Gasteiger partial charge in [0.25, 0.3) is 5.24 Å². The van der Waals surface area contributed by atoms with E-state index in [1.165, 1.54) is 6.92 Å². The van der Waals surface area contributed by atoms with E-state index < -0.39 is 16.8 Å². The molecule has 214 valence electrons. The number of carbonyl (C=O) groups excluding carboxylic acids is 4. The van der Waals surface area contributed by atoms with Gasteiger partial charge in [-0.2, -0.15) is 0 Å². The molecule has 0 radical (unpaired) electrons. The highest BCUT2D eigenvalue weighted by Gasteiger charge is 2.40. The van der Waals surface area contributed by atoms with Crippen molar-refractivity contribution in [3.05, 3.63) is 53.1 Å². The van der Waals surface area contributed by atoms with Crippen LogP contribution in [-0.4, -0.2) is 40.4 Å². The van der Waals surface area contributed by atoms with Crippen LogP contribution < -0.4 is 19.5 Å². The molecule has 2 atom stereocenters. The smallest absolute Gasteiger partial charge is 0.308 e. The molecule has 0 bridgehead atoms. The number of carbonyl (C=O) groups is 4. The minimum Gasteiger partial charge on any atom is -0.489 e. The van der Waals surface area contributed by atoms with Crippen molar-refractivity contribution in [2.24, 2.45) is 5.41 Å². The van der Waals surface area contributed by atoms with Crippen LogP contribution in [0, 0.1) is 5.41 Å². The molecule has 4 rings (SSSR count). The predicted octanol–water partition coefficient (Wildman–Crippen LogP) is 6.02. The Kier molecular flexibility index (Phi) is 8.09. The SMILES string of the molecule is CC(=O)Oc1cc2c(cc1C(C)(C)CC(C)(C)C)OC(C)(COc1ccc(CC3SC(=O)NC3=O)cc1)CC2=O. The number of benzene rings is 2. The lowest BCUT2D eigenvalue weighted by Gasteiger charge is -2.37. The number of fused-ring (bicyclic) bond motifs is 1. The van der Waals surface area contributed by atoms with Gasteiger partial charge >= 0.3 is 5.97 Å². The summed E-state index contributed by atoms with van der Waals surface area (Å²) in [5.74, 6) is 0.608. The normalized spacial score (nSPS) is 21.0. The zero-order valence-electron chi connectivity index (χ0n) is 24.1. The molecule has 2 aromatic carbocycles. The second-order valence-corrected chi connectivity index (χ2v) is 13.9. The van der Waals surface area contributed by atoms with Crippen molar-refractivity contribution in [1.82, 2.24) is 5.32 Å². The summed E-state index contributed by atoms with van der Waals surface area (Å²) < 4.78 is 18.0. The molecule has 2 aromatic rings. The molecule has 40 heavy (non-hydrogen) atoms. The molecular formula is C31H37NO7S. The van der Waals surface area contributed by atoms with Crippen molar-refractivity contribution in [2.75, 3.05) is 6.61 Å². The van der Waals surface area contributed by atoms with E-state index in [2.05, 4.69) is 39.9 Å². The van der Waals surface area contributed by atoms with Gasteiger partial charge in [0.2, 0.25) is 5.91 Å². The minimum absolute atomic E-state index is 0.0151. The van der Waals surface area contributed by atoms with Gasteiger partial charge in [-0.1, -0.05) is 58.5 Å². The average molecular weight is 568 g/mol. The number of imide groups is 1. The maximum Gasteiger partial charge on any atom is 0.308 e. The molecule has 1 saturated heterocycles. The Morgan fingerprint density at radius 3 is 2.35 bits per heavy atom. The van der Waals surface area contributed by atoms with Crippen LogP contribution in [0.3, 0.4) is 0 Å². The fourth-order valence-electron chi connectivity index (χ4n) is 5.57. The number of hydrogen-bond donors (Lipinski definition) is 1. The third-order valence-corrected chi connectivity index (χ3v) is 7.87. The molecule has 1 N–H and O–H groups in total. The Balaban J connectivity index is 1.51. The third kappa shape index (κ3) is 7.05. The van der Waals surface area contributed by atoms with Gasteiger partial charge in [-0.15, -0.1) is 0 Å². The van der Waals surface area contributed by atoms with Crippen molar-refractivity contribution in [2.45, 2.75) is 84.0 Å². The largest absolute Gasteiger partial charge is 0.489 e. The maximum absolute atomic E-state index is 13.3. The van der Waals surface area contributed by atoms with Crippen molar-refractivity contribution < 1.29 is 33.4 Å². The van der Waals surface area contributed by atoms with Gasteiger partial charge in [0, 0.05) is 12.5 Å². The number of Topliss-reactive ketones (excluding diaryl/α,β-unsaturated/α-hetero) is 1. The molecule has 0 saturated carbocycles. The molecule has 2 aliphatic heterocycles. The molecule has 2 heterocycles. The number of ether oxygens (including phenoxy) is 3. The zero-order chi connectivity index (χ0) is 29.5. The summed E-state index contributed by atoms with van der Waals surface area (Å²) >= 11 is 1.00. The standard InChI is InChI=1S/C31H37NO7S/c1-18(33)38-25-13-21-23(34)15-31(7,39-24(21)14-22(25)30(5,6)16-29(2,3)4)17-37-20-10-8-19(9-11-20)12-26-27(35)32-28(36)40-26/h8-11,13-14,26H,12,15-17H2,1-7H3,(H,32,35,36). The van der Waals surface area contributed by atoms with Crippen molar-refractivity contribution in [3.63, 3.8) is 0 Å². The van der Waals surface area contributed by atoms with Crippen molar-refractivity contribution >= 4 is 34.7 Å². The lowest BCUT2D eigenvalue weighted by Crippen LogP contribution is -2.44. The summed E-state index contributed by atoms with van der Waals surface area (Å²) in [7, 11) is 0. The highest BCUT2D eigenvalue weighted by atomic mass is 32.2. The Labute approximate surface area is 239 Å². The van der Waals surface area contributed by atoms with Gasteiger partial charge < -0.3 is 14.2 Å². The molecule has 2 amide bonds. The predicted molar refractivity (Wildman–Crippen MR) is 153 cm³/mol. The van der Waals surface area contributed by atoms with E-state index in [0.717, 1.165) is 29.3 Å². The second-order valence-electron chi connectivity index (χ2n) is 12.7. The van der Waals surface area contributed by atoms with Gasteiger partial charge in [-0.25, -0.2) is 0 Å². The van der Waals surface area contributed by atoms with E-state index in [9.17, 15) is 19.2 Å². The molecule has 0 aliphatic carbocycles. The summed E-state index contributed by atoms with van der Waals surface area (Å²) in [5, 5.41) is 1.55. The summed E-state index contributed by atoms with van der Waals surface area (Å²) in [6, 6.07) is 10.8. The molecule has 1 fully saturated rings. The third-order valence-electron chi connectivity index (χ3n) is 6.88. The van der Waals surface area contributed by atoms with Crippen molar-refractivity contribution in [3.8, 4) is 17.2 Å². The monoisotopic (exact) mass is 567 g/mol. The molecule has 8 nitrogen and oxygen atoms in total. The Hall–Kier alpha value is -3.33. The number of amides is 2. The van der Waals surface area contributed by atoms with Crippen LogP contribution >= 0.6 is 11.8 Å². The molecule has 2 aliphatic rings. The zero-order valence-corrected chi connectivity index (χ0v) is 25.0. The average Bonchev–Trinajstić information content (AvgIpc) is 3.13. The Morgan fingerprint density at radius 1 is 1.10 bits per heavy atom. The Bertz CT molecular complexity index is 1340. The molecule has 2 unspecified atom stereocenters. The lowest BCUT2D eigenvalue weighted by molar-refractivity contribution is -0.132. The number of esters is 1. The van der Waals surface area contributed by atoms with Crippen LogP contribution in [0.15, 0.2) is 36.4 Å². The van der Waals surface area contributed by atoms with Crippen molar-refractivity contribution in [1.29, 1.82) is 0 Å². The van der Waals surface area contributed by atoms with Gasteiger partial charge in [0.15, 0.2) is 5.78 Å². The highest BCUT2D eigenvalue weighted by molar-refractivity contribution is 8.15. The van der Waals surface area contributed by atoms with E-state index in [1.54, 1.807) is 18.2 Å². The minimum atomic E-state index is -0.907. The van der Waals surface area contributed by atoms with Crippen LogP contribution in [0.5, 0.6) is 17.2 Å². The summed E-state index contributed by atoms with van der Waals surface area (Å²) in [6.45, 7) is 14.0. The fourth-order valence-corrected chi connectivity index (χ4v) is 6.43. The van der Waals surface area contributed by atoms with Gasteiger partial charge in [0.1, 0.15) is 29.5 Å². The number of rotatable bonds is 8. The topological polar surface area (TPSA) is 108 Å². The summed E-state index contributed by atoms with van der Waals surface area (Å²) in [4.78, 5) is 48.4. The number of thioether (sulfide) groups is 1. The van der Waals surface area contributed by atoms with Crippen LogP contribution in [-0.2, 0) is 21.4 Å². The van der Waals surface area contributed by atoms with E-state index in [4.69, 9.17) is 14.2 Å².